The van der Waals surface area contributed by atoms with Crippen molar-refractivity contribution >= 4 is 34.7 Å². The van der Waals surface area contributed by atoms with Gasteiger partial charge in [0.1, 0.15) is 0 Å². The number of halogens is 1. The van der Waals surface area contributed by atoms with Crippen molar-refractivity contribution in [2.24, 2.45) is 0 Å². The molecule has 0 aromatic heterocycles. The standard InChI is InChI=1S/C23H22ClN3O/c1-16-15-21(25-18-7-3-2-4-8-18)20-9-5-6-10-22(20)27(16)23(28)26-19-13-11-17(24)12-14-19/h2-14,16,21,25H,15H2,1H3,(H,26,28)/t16-,21+/m0/s1. The molecule has 28 heavy (non-hydrogen) atoms. The summed E-state index contributed by atoms with van der Waals surface area (Å²) >= 11 is 5.94. The van der Waals surface area contributed by atoms with Gasteiger partial charge in [-0.3, -0.25) is 4.90 Å². The van der Waals surface area contributed by atoms with Crippen LogP contribution in [0.15, 0.2) is 78.9 Å². The predicted molar refractivity (Wildman–Crippen MR) is 116 cm³/mol. The highest BCUT2D eigenvalue weighted by Gasteiger charge is 2.33. The lowest BCUT2D eigenvalue weighted by atomic mass is 9.91. The molecule has 4 nitrogen and oxygen atoms in total. The van der Waals surface area contributed by atoms with Crippen molar-refractivity contribution < 1.29 is 4.79 Å². The van der Waals surface area contributed by atoms with Crippen LogP contribution in [0.1, 0.15) is 24.9 Å². The molecule has 4 rings (SSSR count). The molecule has 0 bridgehead atoms. The summed E-state index contributed by atoms with van der Waals surface area (Å²) < 4.78 is 0. The van der Waals surface area contributed by atoms with Gasteiger partial charge in [0.15, 0.2) is 0 Å². The molecule has 3 aromatic rings. The molecule has 3 aromatic carbocycles. The number of amides is 2. The number of fused-ring (bicyclic) bond motifs is 1. The first kappa shape index (κ1) is 18.4. The number of hydrogen-bond donors (Lipinski definition) is 2. The molecule has 2 amide bonds. The number of carbonyl (C=O) groups is 1. The average Bonchev–Trinajstić information content (AvgIpc) is 2.70. The number of para-hydroxylation sites is 2. The number of benzene rings is 3. The van der Waals surface area contributed by atoms with Crippen molar-refractivity contribution in [1.29, 1.82) is 0 Å². The van der Waals surface area contributed by atoms with E-state index in [0.29, 0.717) is 5.02 Å². The van der Waals surface area contributed by atoms with Gasteiger partial charge in [0, 0.05) is 22.4 Å². The summed E-state index contributed by atoms with van der Waals surface area (Å²) in [5.41, 5.74) is 3.86. The fourth-order valence-electron chi connectivity index (χ4n) is 3.71. The molecule has 2 atom stereocenters. The van der Waals surface area contributed by atoms with Crippen LogP contribution in [0.3, 0.4) is 0 Å². The third kappa shape index (κ3) is 3.82. The molecule has 0 aliphatic carbocycles. The number of carbonyl (C=O) groups excluding carboxylic acids is 1. The van der Waals surface area contributed by atoms with E-state index in [2.05, 4.69) is 35.8 Å². The van der Waals surface area contributed by atoms with Crippen molar-refractivity contribution in [3.63, 3.8) is 0 Å². The second-order valence-electron chi connectivity index (χ2n) is 7.01. The molecule has 0 fully saturated rings. The average molecular weight is 392 g/mol. The highest BCUT2D eigenvalue weighted by Crippen LogP contribution is 2.39. The number of nitrogens with zero attached hydrogens (tertiary/aromatic N) is 1. The zero-order chi connectivity index (χ0) is 19.5. The summed E-state index contributed by atoms with van der Waals surface area (Å²) in [7, 11) is 0. The second-order valence-corrected chi connectivity index (χ2v) is 7.45. The van der Waals surface area contributed by atoms with Crippen molar-refractivity contribution in [3.05, 3.63) is 89.4 Å². The molecule has 0 unspecified atom stereocenters. The number of urea groups is 1. The summed E-state index contributed by atoms with van der Waals surface area (Å²) in [5, 5.41) is 7.24. The highest BCUT2D eigenvalue weighted by molar-refractivity contribution is 6.30. The molecule has 1 heterocycles. The van der Waals surface area contributed by atoms with Crippen LogP contribution < -0.4 is 15.5 Å². The molecule has 1 aliphatic rings. The number of nitrogens with one attached hydrogen (secondary N) is 2. The zero-order valence-electron chi connectivity index (χ0n) is 15.6. The van der Waals surface area contributed by atoms with Crippen LogP contribution >= 0.6 is 11.6 Å². The fraction of sp³-hybridized carbons (Fsp3) is 0.174. The second kappa shape index (κ2) is 7.95. The normalized spacial score (nSPS) is 18.3. The first-order valence-corrected chi connectivity index (χ1v) is 9.76. The van der Waals surface area contributed by atoms with Crippen LogP contribution in [0.25, 0.3) is 0 Å². The van der Waals surface area contributed by atoms with Crippen LogP contribution in [0.2, 0.25) is 5.02 Å². The van der Waals surface area contributed by atoms with Crippen LogP contribution in [0, 0.1) is 0 Å². The van der Waals surface area contributed by atoms with E-state index < -0.39 is 0 Å². The fourth-order valence-corrected chi connectivity index (χ4v) is 3.84. The minimum atomic E-state index is -0.138. The van der Waals surface area contributed by atoms with E-state index in [1.165, 1.54) is 0 Å². The maximum atomic E-state index is 13.1. The van der Waals surface area contributed by atoms with Gasteiger partial charge in [-0.05, 0) is 61.4 Å². The largest absolute Gasteiger partial charge is 0.378 e. The van der Waals surface area contributed by atoms with Gasteiger partial charge in [0.25, 0.3) is 0 Å². The molecule has 0 saturated heterocycles. The lowest BCUT2D eigenvalue weighted by Crippen LogP contribution is -2.46. The minimum Gasteiger partial charge on any atom is -0.378 e. The summed E-state index contributed by atoms with van der Waals surface area (Å²) in [4.78, 5) is 14.9. The quantitative estimate of drug-likeness (QED) is 0.548. The van der Waals surface area contributed by atoms with Crippen LogP contribution in [0.4, 0.5) is 21.9 Å². The third-order valence-corrected chi connectivity index (χ3v) is 5.27. The molecule has 0 saturated carbocycles. The zero-order valence-corrected chi connectivity index (χ0v) is 16.4. The van der Waals surface area contributed by atoms with E-state index >= 15 is 0 Å². The maximum absolute atomic E-state index is 13.1. The van der Waals surface area contributed by atoms with Gasteiger partial charge in [-0.15, -0.1) is 0 Å². The Morgan fingerprint density at radius 2 is 1.61 bits per heavy atom. The Kier molecular flexibility index (Phi) is 5.22. The molecule has 2 N–H and O–H groups in total. The predicted octanol–water partition coefficient (Wildman–Crippen LogP) is 6.32. The molecular weight excluding hydrogens is 370 g/mol. The summed E-state index contributed by atoms with van der Waals surface area (Å²) in [6.45, 7) is 2.08. The van der Waals surface area contributed by atoms with Gasteiger partial charge in [-0.1, -0.05) is 48.0 Å². The Balaban J connectivity index is 1.60. The summed E-state index contributed by atoms with van der Waals surface area (Å²) in [6.07, 6.45) is 0.819. The van der Waals surface area contributed by atoms with Crippen molar-refractivity contribution in [2.75, 3.05) is 15.5 Å². The third-order valence-electron chi connectivity index (χ3n) is 5.02. The van der Waals surface area contributed by atoms with E-state index in [0.717, 1.165) is 29.0 Å². The van der Waals surface area contributed by atoms with E-state index in [9.17, 15) is 4.79 Å². The van der Waals surface area contributed by atoms with Gasteiger partial charge in [-0.2, -0.15) is 0 Å². The molecular formula is C23H22ClN3O. The van der Waals surface area contributed by atoms with Crippen molar-refractivity contribution in [1.82, 2.24) is 0 Å². The molecule has 0 spiro atoms. The number of hydrogen-bond acceptors (Lipinski definition) is 2. The Morgan fingerprint density at radius 3 is 2.36 bits per heavy atom. The Hall–Kier alpha value is -2.98. The van der Waals surface area contributed by atoms with E-state index in [-0.39, 0.29) is 18.1 Å². The van der Waals surface area contributed by atoms with E-state index in [1.54, 1.807) is 24.3 Å². The number of anilines is 3. The number of rotatable bonds is 3. The van der Waals surface area contributed by atoms with Crippen molar-refractivity contribution in [3.8, 4) is 0 Å². The molecule has 0 radical (unpaired) electrons. The van der Waals surface area contributed by atoms with Crippen molar-refractivity contribution in [2.45, 2.75) is 25.4 Å². The topological polar surface area (TPSA) is 44.4 Å². The van der Waals surface area contributed by atoms with Gasteiger partial charge in [0.05, 0.1) is 11.7 Å². The molecule has 142 valence electrons. The van der Waals surface area contributed by atoms with Gasteiger partial charge >= 0.3 is 6.03 Å². The lowest BCUT2D eigenvalue weighted by molar-refractivity contribution is 0.254. The van der Waals surface area contributed by atoms with Gasteiger partial charge < -0.3 is 10.6 Å². The van der Waals surface area contributed by atoms with Crippen LogP contribution in [0.5, 0.6) is 0 Å². The van der Waals surface area contributed by atoms with E-state index in [4.69, 9.17) is 11.6 Å². The summed E-state index contributed by atoms with van der Waals surface area (Å²) in [6, 6.07) is 25.5. The smallest absolute Gasteiger partial charge is 0.326 e. The van der Waals surface area contributed by atoms with Gasteiger partial charge in [-0.25, -0.2) is 4.79 Å². The Morgan fingerprint density at radius 1 is 0.929 bits per heavy atom. The minimum absolute atomic E-state index is 0.0448. The monoisotopic (exact) mass is 391 g/mol. The lowest BCUT2D eigenvalue weighted by Gasteiger charge is -2.39. The highest BCUT2D eigenvalue weighted by atomic mass is 35.5. The van der Waals surface area contributed by atoms with Crippen LogP contribution in [-0.4, -0.2) is 12.1 Å². The summed E-state index contributed by atoms with van der Waals surface area (Å²) in [5.74, 6) is 0. The molecule has 5 heteroatoms. The maximum Gasteiger partial charge on any atom is 0.326 e. The first-order valence-electron chi connectivity index (χ1n) is 9.38. The van der Waals surface area contributed by atoms with Gasteiger partial charge in [0.2, 0.25) is 0 Å². The Labute approximate surface area is 170 Å². The first-order chi connectivity index (χ1) is 13.6. The van der Waals surface area contributed by atoms with Crippen LogP contribution in [-0.2, 0) is 0 Å². The molecule has 1 aliphatic heterocycles. The Bertz CT molecular complexity index is 959. The van der Waals surface area contributed by atoms with E-state index in [1.807, 2.05) is 41.3 Å². The SMILES string of the molecule is C[C@H]1C[C@@H](Nc2ccccc2)c2ccccc2N1C(=O)Nc1ccc(Cl)cc1.